The largest absolute Gasteiger partial charge is 0.481 e. The smallest absolute Gasteiger partial charge is 0.274 e. The standard InChI is InChI=1S/C15H16N2O2/c1-11(15(18)17-16)19-14-9-7-13(8-10-14)12-5-3-2-4-6-12/h2-11H,16H2,1H3,(H,17,18). The number of amides is 1. The zero-order valence-electron chi connectivity index (χ0n) is 10.7. The quantitative estimate of drug-likeness (QED) is 0.500. The zero-order valence-corrected chi connectivity index (χ0v) is 10.7. The molecule has 0 aromatic heterocycles. The van der Waals surface area contributed by atoms with Crippen molar-refractivity contribution in [3.63, 3.8) is 0 Å². The van der Waals surface area contributed by atoms with E-state index in [1.54, 1.807) is 6.92 Å². The third kappa shape index (κ3) is 3.33. The van der Waals surface area contributed by atoms with Gasteiger partial charge in [-0.2, -0.15) is 0 Å². The maximum Gasteiger partial charge on any atom is 0.274 e. The van der Waals surface area contributed by atoms with Crippen LogP contribution in [0.25, 0.3) is 11.1 Å². The van der Waals surface area contributed by atoms with Gasteiger partial charge in [0.1, 0.15) is 5.75 Å². The van der Waals surface area contributed by atoms with E-state index in [0.29, 0.717) is 5.75 Å². The molecule has 0 radical (unpaired) electrons. The summed E-state index contributed by atoms with van der Waals surface area (Å²) in [7, 11) is 0. The van der Waals surface area contributed by atoms with Gasteiger partial charge in [-0.1, -0.05) is 42.5 Å². The van der Waals surface area contributed by atoms with E-state index in [2.05, 4.69) is 5.43 Å². The Balaban J connectivity index is 2.09. The summed E-state index contributed by atoms with van der Waals surface area (Å²) in [5.74, 6) is 5.33. The monoisotopic (exact) mass is 256 g/mol. The molecule has 2 aromatic carbocycles. The molecule has 0 saturated carbocycles. The zero-order chi connectivity index (χ0) is 13.7. The molecule has 1 amide bonds. The van der Waals surface area contributed by atoms with Crippen LogP contribution in [0, 0.1) is 0 Å². The van der Waals surface area contributed by atoms with Crippen molar-refractivity contribution in [3.05, 3.63) is 54.6 Å². The van der Waals surface area contributed by atoms with Crippen LogP contribution < -0.4 is 16.0 Å². The van der Waals surface area contributed by atoms with Gasteiger partial charge in [-0.25, -0.2) is 5.84 Å². The molecule has 4 heteroatoms. The van der Waals surface area contributed by atoms with Crippen molar-refractivity contribution in [1.82, 2.24) is 5.43 Å². The lowest BCUT2D eigenvalue weighted by molar-refractivity contribution is -0.127. The van der Waals surface area contributed by atoms with Crippen molar-refractivity contribution in [3.8, 4) is 16.9 Å². The average Bonchev–Trinajstić information content (AvgIpc) is 2.48. The predicted molar refractivity (Wildman–Crippen MR) is 74.3 cm³/mol. The Kier molecular flexibility index (Phi) is 4.15. The highest BCUT2D eigenvalue weighted by molar-refractivity contribution is 5.80. The van der Waals surface area contributed by atoms with Gasteiger partial charge in [-0.05, 0) is 30.2 Å². The van der Waals surface area contributed by atoms with E-state index in [-0.39, 0.29) is 5.91 Å². The Labute approximate surface area is 112 Å². The Morgan fingerprint density at radius 1 is 1.05 bits per heavy atom. The summed E-state index contributed by atoms with van der Waals surface area (Å²) >= 11 is 0. The molecule has 1 unspecified atom stereocenters. The molecule has 0 saturated heterocycles. The SMILES string of the molecule is CC(Oc1ccc(-c2ccccc2)cc1)C(=O)NN. The van der Waals surface area contributed by atoms with Crippen LogP contribution in [0.15, 0.2) is 54.6 Å². The second kappa shape index (κ2) is 6.02. The fourth-order valence-corrected chi connectivity index (χ4v) is 1.73. The molecule has 1 atom stereocenters. The van der Waals surface area contributed by atoms with Crippen molar-refractivity contribution in [2.75, 3.05) is 0 Å². The van der Waals surface area contributed by atoms with Crippen LogP contribution in [0.1, 0.15) is 6.92 Å². The first-order valence-electron chi connectivity index (χ1n) is 6.03. The highest BCUT2D eigenvalue weighted by Crippen LogP contribution is 2.22. The van der Waals surface area contributed by atoms with Crippen LogP contribution in [-0.2, 0) is 4.79 Å². The van der Waals surface area contributed by atoms with Crippen molar-refractivity contribution in [2.45, 2.75) is 13.0 Å². The van der Waals surface area contributed by atoms with E-state index >= 15 is 0 Å². The molecule has 3 N–H and O–H groups in total. The van der Waals surface area contributed by atoms with Crippen molar-refractivity contribution in [1.29, 1.82) is 0 Å². The molecule has 4 nitrogen and oxygen atoms in total. The molecular weight excluding hydrogens is 240 g/mol. The minimum atomic E-state index is -0.618. The van der Waals surface area contributed by atoms with E-state index in [0.717, 1.165) is 11.1 Å². The molecule has 0 spiro atoms. The normalized spacial score (nSPS) is 11.7. The third-order valence-corrected chi connectivity index (χ3v) is 2.79. The van der Waals surface area contributed by atoms with E-state index in [1.807, 2.05) is 54.6 Å². The lowest BCUT2D eigenvalue weighted by Gasteiger charge is -2.13. The first-order valence-corrected chi connectivity index (χ1v) is 6.03. The second-order valence-corrected chi connectivity index (χ2v) is 4.16. The van der Waals surface area contributed by atoms with Gasteiger partial charge in [-0.3, -0.25) is 10.2 Å². The highest BCUT2D eigenvalue weighted by atomic mass is 16.5. The van der Waals surface area contributed by atoms with Gasteiger partial charge in [0.15, 0.2) is 6.10 Å². The Morgan fingerprint density at radius 2 is 1.63 bits per heavy atom. The van der Waals surface area contributed by atoms with Gasteiger partial charge in [0.25, 0.3) is 5.91 Å². The molecule has 2 rings (SSSR count). The fraction of sp³-hybridized carbons (Fsp3) is 0.133. The number of hydrogen-bond donors (Lipinski definition) is 2. The number of hydrogen-bond acceptors (Lipinski definition) is 3. The number of hydrazine groups is 1. The summed E-state index contributed by atoms with van der Waals surface area (Å²) in [6, 6.07) is 17.6. The fourth-order valence-electron chi connectivity index (χ4n) is 1.73. The molecule has 98 valence electrons. The topological polar surface area (TPSA) is 64.3 Å². The molecule has 0 aliphatic rings. The van der Waals surface area contributed by atoms with Gasteiger partial charge in [0.2, 0.25) is 0 Å². The van der Waals surface area contributed by atoms with Crippen LogP contribution in [0.3, 0.4) is 0 Å². The minimum absolute atomic E-state index is 0.355. The van der Waals surface area contributed by atoms with Gasteiger partial charge >= 0.3 is 0 Å². The van der Waals surface area contributed by atoms with E-state index in [9.17, 15) is 4.79 Å². The highest BCUT2D eigenvalue weighted by Gasteiger charge is 2.12. The van der Waals surface area contributed by atoms with Crippen LogP contribution in [-0.4, -0.2) is 12.0 Å². The third-order valence-electron chi connectivity index (χ3n) is 2.79. The number of ether oxygens (including phenoxy) is 1. The van der Waals surface area contributed by atoms with E-state index in [1.165, 1.54) is 0 Å². The van der Waals surface area contributed by atoms with Crippen LogP contribution >= 0.6 is 0 Å². The van der Waals surface area contributed by atoms with E-state index < -0.39 is 6.10 Å². The first kappa shape index (κ1) is 13.1. The van der Waals surface area contributed by atoms with E-state index in [4.69, 9.17) is 10.6 Å². The molecule has 0 aliphatic heterocycles. The summed E-state index contributed by atoms with van der Waals surface area (Å²) in [6.07, 6.45) is -0.618. The number of carbonyl (C=O) groups is 1. The maximum atomic E-state index is 11.2. The Hall–Kier alpha value is -2.33. The first-order chi connectivity index (χ1) is 9.20. The molecule has 19 heavy (non-hydrogen) atoms. The van der Waals surface area contributed by atoms with Crippen molar-refractivity contribution < 1.29 is 9.53 Å². The molecule has 0 aliphatic carbocycles. The van der Waals surface area contributed by atoms with Crippen molar-refractivity contribution >= 4 is 5.91 Å². The predicted octanol–water partition coefficient (Wildman–Crippen LogP) is 2.11. The van der Waals surface area contributed by atoms with Gasteiger partial charge in [0.05, 0.1) is 0 Å². The summed E-state index contributed by atoms with van der Waals surface area (Å²) in [5.41, 5.74) is 4.30. The number of nitrogens with one attached hydrogen (secondary N) is 1. The molecule has 0 bridgehead atoms. The summed E-state index contributed by atoms with van der Waals surface area (Å²) in [6.45, 7) is 1.65. The number of carbonyl (C=O) groups excluding carboxylic acids is 1. The minimum Gasteiger partial charge on any atom is -0.481 e. The van der Waals surface area contributed by atoms with Crippen LogP contribution in [0.4, 0.5) is 0 Å². The van der Waals surface area contributed by atoms with Crippen molar-refractivity contribution in [2.24, 2.45) is 5.84 Å². The number of benzene rings is 2. The summed E-state index contributed by atoms with van der Waals surface area (Å²) in [4.78, 5) is 11.2. The maximum absolute atomic E-state index is 11.2. The summed E-state index contributed by atoms with van der Waals surface area (Å²) in [5, 5.41) is 0. The lowest BCUT2D eigenvalue weighted by atomic mass is 10.1. The Morgan fingerprint density at radius 3 is 2.21 bits per heavy atom. The van der Waals surface area contributed by atoms with Gasteiger partial charge in [0, 0.05) is 0 Å². The van der Waals surface area contributed by atoms with Crippen LogP contribution in [0.2, 0.25) is 0 Å². The average molecular weight is 256 g/mol. The Bertz CT molecular complexity index is 538. The lowest BCUT2D eigenvalue weighted by Crippen LogP contribution is -2.40. The summed E-state index contributed by atoms with van der Waals surface area (Å²) < 4.78 is 5.47. The molecule has 0 fully saturated rings. The second-order valence-electron chi connectivity index (χ2n) is 4.16. The van der Waals surface area contributed by atoms with Crippen LogP contribution in [0.5, 0.6) is 5.75 Å². The molecular formula is C15H16N2O2. The molecule has 0 heterocycles. The molecule has 2 aromatic rings. The number of nitrogens with two attached hydrogens (primary N) is 1. The van der Waals surface area contributed by atoms with Gasteiger partial charge in [-0.15, -0.1) is 0 Å². The number of rotatable bonds is 4. The van der Waals surface area contributed by atoms with Gasteiger partial charge < -0.3 is 4.74 Å².